The second-order valence-corrected chi connectivity index (χ2v) is 5.26. The highest BCUT2D eigenvalue weighted by Gasteiger charge is 2.15. The number of carbonyl (C=O) groups is 1. The Hall–Kier alpha value is -1.58. The number of pyridine rings is 1. The number of rotatable bonds is 8. The van der Waals surface area contributed by atoms with E-state index in [4.69, 9.17) is 4.74 Å². The number of aromatic nitrogens is 1. The number of nitrogens with zero attached hydrogens (tertiary/aromatic N) is 4. The van der Waals surface area contributed by atoms with Crippen LogP contribution >= 0.6 is 24.0 Å². The number of carbonyl (C=O) groups excluding carboxylic acids is 1. The number of hydrogen-bond donors (Lipinski definition) is 1. The maximum absolute atomic E-state index is 12.3. The molecular formula is C17H30IN5O2. The Morgan fingerprint density at radius 3 is 2.56 bits per heavy atom. The second kappa shape index (κ2) is 12.7. The van der Waals surface area contributed by atoms with Crippen molar-refractivity contribution in [1.29, 1.82) is 0 Å². The molecule has 0 fully saturated rings. The van der Waals surface area contributed by atoms with Crippen LogP contribution in [0.15, 0.2) is 23.3 Å². The maximum atomic E-state index is 12.3. The van der Waals surface area contributed by atoms with Crippen molar-refractivity contribution in [2.24, 2.45) is 4.99 Å². The molecule has 1 aromatic heterocycles. The van der Waals surface area contributed by atoms with Crippen molar-refractivity contribution in [2.45, 2.75) is 27.3 Å². The van der Waals surface area contributed by atoms with E-state index in [-0.39, 0.29) is 36.4 Å². The topological polar surface area (TPSA) is 70.1 Å². The highest BCUT2D eigenvalue weighted by atomic mass is 127. The first-order chi connectivity index (χ1) is 11.6. The Morgan fingerprint density at radius 2 is 2.00 bits per heavy atom. The minimum absolute atomic E-state index is 0. The first-order valence-corrected chi connectivity index (χ1v) is 8.32. The highest BCUT2D eigenvalue weighted by Crippen LogP contribution is 2.14. The van der Waals surface area contributed by atoms with Gasteiger partial charge in [-0.2, -0.15) is 0 Å². The third-order valence-corrected chi connectivity index (χ3v) is 3.63. The summed E-state index contributed by atoms with van der Waals surface area (Å²) in [5, 5.41) is 3.21. The molecule has 0 saturated carbocycles. The zero-order valence-corrected chi connectivity index (χ0v) is 18.1. The first-order valence-electron chi connectivity index (χ1n) is 8.32. The molecule has 142 valence electrons. The first kappa shape index (κ1) is 23.4. The lowest BCUT2D eigenvalue weighted by molar-refractivity contribution is -0.131. The quantitative estimate of drug-likeness (QED) is 0.363. The summed E-state index contributed by atoms with van der Waals surface area (Å²) >= 11 is 0. The zero-order valence-electron chi connectivity index (χ0n) is 15.8. The Bertz CT molecular complexity index is 550. The molecule has 0 spiro atoms. The van der Waals surface area contributed by atoms with E-state index in [1.165, 1.54) is 0 Å². The van der Waals surface area contributed by atoms with Gasteiger partial charge in [0.05, 0.1) is 20.2 Å². The average molecular weight is 463 g/mol. The maximum Gasteiger partial charge on any atom is 0.242 e. The summed E-state index contributed by atoms with van der Waals surface area (Å²) in [6.45, 7) is 8.84. The molecule has 8 heteroatoms. The molecule has 0 atom stereocenters. The van der Waals surface area contributed by atoms with Gasteiger partial charge < -0.3 is 19.9 Å². The molecule has 0 radical (unpaired) electrons. The Labute approximate surface area is 167 Å². The summed E-state index contributed by atoms with van der Waals surface area (Å²) in [5.41, 5.74) is 0.902. The van der Waals surface area contributed by atoms with Crippen LogP contribution in [0.5, 0.6) is 5.88 Å². The van der Waals surface area contributed by atoms with Crippen LogP contribution in [0.2, 0.25) is 0 Å². The van der Waals surface area contributed by atoms with Gasteiger partial charge in [-0.3, -0.25) is 4.79 Å². The van der Waals surface area contributed by atoms with Crippen molar-refractivity contribution in [2.75, 3.05) is 40.3 Å². The molecule has 1 N–H and O–H groups in total. The lowest BCUT2D eigenvalue weighted by Gasteiger charge is -2.25. The normalized spacial score (nSPS) is 10.7. The van der Waals surface area contributed by atoms with Crippen molar-refractivity contribution in [1.82, 2.24) is 20.1 Å². The van der Waals surface area contributed by atoms with Gasteiger partial charge in [0.1, 0.15) is 0 Å². The van der Waals surface area contributed by atoms with Crippen molar-refractivity contribution < 1.29 is 9.53 Å². The van der Waals surface area contributed by atoms with E-state index in [1.807, 2.05) is 49.8 Å². The summed E-state index contributed by atoms with van der Waals surface area (Å²) in [7, 11) is 3.46. The van der Waals surface area contributed by atoms with Crippen LogP contribution in [-0.2, 0) is 11.3 Å². The standard InChI is InChI=1S/C17H29N5O2.HI/c1-6-18-17(21(4)13-15(23)22(7-2)8-3)20-12-14-10-9-11-19-16(14)24-5;/h9-11H,6-8,12-13H2,1-5H3,(H,18,20);1H. The summed E-state index contributed by atoms with van der Waals surface area (Å²) < 4.78 is 5.25. The van der Waals surface area contributed by atoms with E-state index in [9.17, 15) is 4.79 Å². The van der Waals surface area contributed by atoms with E-state index >= 15 is 0 Å². The predicted molar refractivity (Wildman–Crippen MR) is 112 cm³/mol. The van der Waals surface area contributed by atoms with Crippen molar-refractivity contribution in [3.05, 3.63) is 23.9 Å². The number of nitrogens with one attached hydrogen (secondary N) is 1. The SMILES string of the molecule is CCNC(=NCc1cccnc1OC)N(C)CC(=O)N(CC)CC.I. The van der Waals surface area contributed by atoms with Crippen LogP contribution in [0.4, 0.5) is 0 Å². The van der Waals surface area contributed by atoms with Crippen molar-refractivity contribution in [3.8, 4) is 5.88 Å². The number of ether oxygens (including phenoxy) is 1. The highest BCUT2D eigenvalue weighted by molar-refractivity contribution is 14.0. The number of halogens is 1. The number of likely N-dealkylation sites (N-methyl/N-ethyl adjacent to an activating group) is 2. The summed E-state index contributed by atoms with van der Waals surface area (Å²) in [4.78, 5) is 24.7. The van der Waals surface area contributed by atoms with Gasteiger partial charge in [-0.15, -0.1) is 24.0 Å². The van der Waals surface area contributed by atoms with Crippen LogP contribution in [0.25, 0.3) is 0 Å². The molecule has 0 unspecified atom stereocenters. The summed E-state index contributed by atoms with van der Waals surface area (Å²) in [6.07, 6.45) is 1.69. The number of aliphatic imine (C=N–C) groups is 1. The fraction of sp³-hybridized carbons (Fsp3) is 0.588. The molecule has 0 aliphatic heterocycles. The molecule has 7 nitrogen and oxygen atoms in total. The minimum atomic E-state index is 0. The van der Waals surface area contributed by atoms with E-state index in [2.05, 4.69) is 15.3 Å². The average Bonchev–Trinajstić information content (AvgIpc) is 2.59. The molecule has 0 bridgehead atoms. The molecule has 1 heterocycles. The van der Waals surface area contributed by atoms with Crippen LogP contribution in [0.3, 0.4) is 0 Å². The van der Waals surface area contributed by atoms with E-state index < -0.39 is 0 Å². The van der Waals surface area contributed by atoms with Gasteiger partial charge in [0.15, 0.2) is 5.96 Å². The van der Waals surface area contributed by atoms with Gasteiger partial charge in [0.25, 0.3) is 0 Å². The van der Waals surface area contributed by atoms with Crippen LogP contribution in [0, 0.1) is 0 Å². The fourth-order valence-corrected chi connectivity index (χ4v) is 2.31. The molecule has 0 aliphatic rings. The fourth-order valence-electron chi connectivity index (χ4n) is 2.31. The molecular weight excluding hydrogens is 433 g/mol. The number of hydrogen-bond acceptors (Lipinski definition) is 4. The van der Waals surface area contributed by atoms with Gasteiger partial charge in [0.2, 0.25) is 11.8 Å². The van der Waals surface area contributed by atoms with Crippen LogP contribution < -0.4 is 10.1 Å². The second-order valence-electron chi connectivity index (χ2n) is 5.26. The molecule has 1 rings (SSSR count). The molecule has 0 aliphatic carbocycles. The zero-order chi connectivity index (χ0) is 17.9. The monoisotopic (exact) mass is 463 g/mol. The van der Waals surface area contributed by atoms with E-state index in [1.54, 1.807) is 13.3 Å². The van der Waals surface area contributed by atoms with E-state index in [0.717, 1.165) is 12.1 Å². The molecule has 1 amide bonds. The lowest BCUT2D eigenvalue weighted by Crippen LogP contribution is -2.45. The van der Waals surface area contributed by atoms with Gasteiger partial charge in [-0.05, 0) is 26.8 Å². The Morgan fingerprint density at radius 1 is 1.32 bits per heavy atom. The van der Waals surface area contributed by atoms with Gasteiger partial charge >= 0.3 is 0 Å². The molecule has 1 aromatic rings. The van der Waals surface area contributed by atoms with Gasteiger partial charge in [0, 0.05) is 38.4 Å². The molecule has 25 heavy (non-hydrogen) atoms. The Balaban J connectivity index is 0.00000576. The smallest absolute Gasteiger partial charge is 0.242 e. The molecule has 0 saturated heterocycles. The van der Waals surface area contributed by atoms with Gasteiger partial charge in [-0.25, -0.2) is 9.98 Å². The van der Waals surface area contributed by atoms with Gasteiger partial charge in [-0.1, -0.05) is 6.07 Å². The summed E-state index contributed by atoms with van der Waals surface area (Å²) in [6, 6.07) is 3.79. The number of guanidine groups is 1. The summed E-state index contributed by atoms with van der Waals surface area (Å²) in [5.74, 6) is 1.34. The van der Waals surface area contributed by atoms with Crippen molar-refractivity contribution in [3.63, 3.8) is 0 Å². The number of amides is 1. The predicted octanol–water partition coefficient (Wildman–Crippen LogP) is 1.97. The van der Waals surface area contributed by atoms with Crippen molar-refractivity contribution >= 4 is 35.8 Å². The lowest BCUT2D eigenvalue weighted by atomic mass is 10.3. The van der Waals surface area contributed by atoms with Crippen LogP contribution in [-0.4, -0.2) is 67.0 Å². The molecule has 0 aromatic carbocycles. The van der Waals surface area contributed by atoms with Crippen LogP contribution in [0.1, 0.15) is 26.3 Å². The van der Waals surface area contributed by atoms with E-state index in [0.29, 0.717) is 31.5 Å². The Kier molecular flexibility index (Phi) is 11.9. The largest absolute Gasteiger partial charge is 0.481 e. The minimum Gasteiger partial charge on any atom is -0.481 e. The third kappa shape index (κ3) is 7.45. The third-order valence-electron chi connectivity index (χ3n) is 3.63. The number of methoxy groups -OCH3 is 1.